The molecule has 1 unspecified atom stereocenters. The van der Waals surface area contributed by atoms with Crippen LogP contribution in [0.3, 0.4) is 0 Å². The first-order chi connectivity index (χ1) is 16.1. The van der Waals surface area contributed by atoms with E-state index < -0.39 is 23.5 Å². The second-order valence-electron chi connectivity index (χ2n) is 7.85. The van der Waals surface area contributed by atoms with Crippen molar-refractivity contribution >= 4 is 35.0 Å². The Morgan fingerprint density at radius 1 is 1.32 bits per heavy atom. The number of piperidine rings is 1. The number of rotatable bonds is 7. The highest BCUT2D eigenvalue weighted by atomic mass is 19.4. The van der Waals surface area contributed by atoms with Gasteiger partial charge in [0, 0.05) is 25.3 Å². The highest BCUT2D eigenvalue weighted by molar-refractivity contribution is 6.01. The zero-order chi connectivity index (χ0) is 24.9. The van der Waals surface area contributed by atoms with Gasteiger partial charge in [-0.15, -0.1) is 0 Å². The normalized spacial score (nSPS) is 16.0. The standard InChI is InChI=1S/C22H26F3N7O2/c1-3-18(33)29-17-9-13(2)6-7-16(17)30-20-15(22(23,24)25)11-27-21(31-20)28-14-5-4-8-32(12-14)19(34)10-26/h3,6-7,9,11,14H,1,4-5,8,10,12,26H2,2H3,(H,29,33)(H2,27,28,30,31). The third-order valence-electron chi connectivity index (χ3n) is 5.25. The summed E-state index contributed by atoms with van der Waals surface area (Å²) < 4.78 is 41.0. The Labute approximate surface area is 194 Å². The lowest BCUT2D eigenvalue weighted by molar-refractivity contribution is -0.137. The molecule has 0 bridgehead atoms. The molecule has 2 amide bonds. The predicted octanol–water partition coefficient (Wildman–Crippen LogP) is 3.03. The highest BCUT2D eigenvalue weighted by Crippen LogP contribution is 2.36. The highest BCUT2D eigenvalue weighted by Gasteiger charge is 2.36. The summed E-state index contributed by atoms with van der Waals surface area (Å²) in [6, 6.07) is 4.60. The first-order valence-electron chi connectivity index (χ1n) is 10.6. The summed E-state index contributed by atoms with van der Waals surface area (Å²) in [6.07, 6.45) is -1.56. The van der Waals surface area contributed by atoms with E-state index in [1.165, 1.54) is 0 Å². The predicted molar refractivity (Wildman–Crippen MR) is 123 cm³/mol. The van der Waals surface area contributed by atoms with Crippen molar-refractivity contribution < 1.29 is 22.8 Å². The molecule has 0 spiro atoms. The lowest BCUT2D eigenvalue weighted by Gasteiger charge is -2.33. The Bertz CT molecular complexity index is 1070. The number of hydrogen-bond donors (Lipinski definition) is 4. The van der Waals surface area contributed by atoms with E-state index in [4.69, 9.17) is 5.73 Å². The summed E-state index contributed by atoms with van der Waals surface area (Å²) >= 11 is 0. The molecule has 1 saturated heterocycles. The van der Waals surface area contributed by atoms with Gasteiger partial charge in [0.25, 0.3) is 0 Å². The van der Waals surface area contributed by atoms with Crippen molar-refractivity contribution in [3.05, 3.63) is 48.2 Å². The molecule has 0 radical (unpaired) electrons. The number of halogens is 3. The molecule has 0 aliphatic carbocycles. The van der Waals surface area contributed by atoms with Gasteiger partial charge in [-0.1, -0.05) is 12.6 Å². The van der Waals surface area contributed by atoms with Crippen LogP contribution in [-0.4, -0.2) is 52.4 Å². The third-order valence-corrected chi connectivity index (χ3v) is 5.25. The second kappa shape index (κ2) is 10.5. The summed E-state index contributed by atoms with van der Waals surface area (Å²) in [4.78, 5) is 33.2. The van der Waals surface area contributed by atoms with Crippen LogP contribution in [0.4, 0.5) is 36.3 Å². The minimum atomic E-state index is -4.72. The van der Waals surface area contributed by atoms with Crippen molar-refractivity contribution in [2.24, 2.45) is 5.73 Å². The monoisotopic (exact) mass is 477 g/mol. The molecule has 1 aromatic carbocycles. The van der Waals surface area contributed by atoms with Gasteiger partial charge in [0.05, 0.1) is 17.9 Å². The van der Waals surface area contributed by atoms with Gasteiger partial charge in [-0.3, -0.25) is 9.59 Å². The molecule has 2 aromatic rings. The molecule has 12 heteroatoms. The number of carbonyl (C=O) groups excluding carboxylic acids is 2. The molecule has 1 fully saturated rings. The summed E-state index contributed by atoms with van der Waals surface area (Å²) in [5, 5.41) is 8.26. The van der Waals surface area contributed by atoms with Gasteiger partial charge in [-0.2, -0.15) is 18.2 Å². The van der Waals surface area contributed by atoms with E-state index in [0.29, 0.717) is 32.1 Å². The number of nitrogens with zero attached hydrogens (tertiary/aromatic N) is 3. The number of nitrogens with one attached hydrogen (secondary N) is 3. The van der Waals surface area contributed by atoms with E-state index in [-0.39, 0.29) is 35.8 Å². The summed E-state index contributed by atoms with van der Waals surface area (Å²) in [5.41, 5.74) is 5.64. The lowest BCUT2D eigenvalue weighted by atomic mass is 10.1. The maximum Gasteiger partial charge on any atom is 0.421 e. The van der Waals surface area contributed by atoms with E-state index in [1.807, 2.05) is 0 Å². The molecule has 34 heavy (non-hydrogen) atoms. The molecular formula is C22H26F3N7O2. The zero-order valence-electron chi connectivity index (χ0n) is 18.6. The van der Waals surface area contributed by atoms with Gasteiger partial charge in [0.1, 0.15) is 11.4 Å². The van der Waals surface area contributed by atoms with E-state index in [2.05, 4.69) is 32.5 Å². The average Bonchev–Trinajstić information content (AvgIpc) is 2.79. The number of carbonyl (C=O) groups is 2. The molecule has 1 aliphatic rings. The topological polar surface area (TPSA) is 125 Å². The van der Waals surface area contributed by atoms with Gasteiger partial charge in [0.2, 0.25) is 17.8 Å². The Morgan fingerprint density at radius 2 is 2.09 bits per heavy atom. The Morgan fingerprint density at radius 3 is 2.76 bits per heavy atom. The molecule has 2 heterocycles. The van der Waals surface area contributed by atoms with E-state index in [9.17, 15) is 22.8 Å². The number of anilines is 4. The fourth-order valence-electron chi connectivity index (χ4n) is 3.57. The fourth-order valence-corrected chi connectivity index (χ4v) is 3.57. The number of aryl methyl sites for hydroxylation is 1. The number of alkyl halides is 3. The van der Waals surface area contributed by atoms with Crippen LogP contribution >= 0.6 is 0 Å². The molecule has 182 valence electrons. The minimum absolute atomic E-state index is 0.0219. The molecule has 1 atom stereocenters. The second-order valence-corrected chi connectivity index (χ2v) is 7.85. The molecule has 3 rings (SSSR count). The lowest BCUT2D eigenvalue weighted by Crippen LogP contribution is -2.47. The molecular weight excluding hydrogens is 451 g/mol. The van der Waals surface area contributed by atoms with Crippen molar-refractivity contribution in [3.8, 4) is 0 Å². The van der Waals surface area contributed by atoms with Crippen LogP contribution in [0.5, 0.6) is 0 Å². The van der Waals surface area contributed by atoms with Crippen LogP contribution in [-0.2, 0) is 15.8 Å². The molecule has 1 aromatic heterocycles. The van der Waals surface area contributed by atoms with Gasteiger partial charge in [0.15, 0.2) is 0 Å². The van der Waals surface area contributed by atoms with E-state index in [0.717, 1.165) is 11.6 Å². The third kappa shape index (κ3) is 6.22. The number of aromatic nitrogens is 2. The van der Waals surface area contributed by atoms with Crippen LogP contribution < -0.4 is 21.7 Å². The van der Waals surface area contributed by atoms with Crippen molar-refractivity contribution in [2.45, 2.75) is 32.0 Å². The van der Waals surface area contributed by atoms with Gasteiger partial charge < -0.3 is 26.6 Å². The maximum atomic E-state index is 13.7. The van der Waals surface area contributed by atoms with Gasteiger partial charge >= 0.3 is 6.18 Å². The molecule has 9 nitrogen and oxygen atoms in total. The number of amides is 2. The smallest absolute Gasteiger partial charge is 0.350 e. The van der Waals surface area contributed by atoms with Gasteiger partial charge in [-0.05, 0) is 43.5 Å². The maximum absolute atomic E-state index is 13.7. The van der Waals surface area contributed by atoms with Crippen LogP contribution in [0.15, 0.2) is 37.1 Å². The largest absolute Gasteiger partial charge is 0.421 e. The van der Waals surface area contributed by atoms with Crippen molar-refractivity contribution in [2.75, 3.05) is 35.6 Å². The quantitative estimate of drug-likeness (QED) is 0.452. The van der Waals surface area contributed by atoms with E-state index >= 15 is 0 Å². The SMILES string of the molecule is C=CC(=O)Nc1cc(C)ccc1Nc1nc(NC2CCCN(C(=O)CN)C2)ncc1C(F)(F)F. The van der Waals surface area contributed by atoms with Gasteiger partial charge in [-0.25, -0.2) is 4.98 Å². The zero-order valence-corrected chi connectivity index (χ0v) is 18.6. The Balaban J connectivity index is 1.90. The van der Waals surface area contributed by atoms with Crippen LogP contribution in [0.1, 0.15) is 24.0 Å². The number of nitrogens with two attached hydrogens (primary N) is 1. The summed E-state index contributed by atoms with van der Waals surface area (Å²) in [7, 11) is 0. The van der Waals surface area contributed by atoms with Crippen LogP contribution in [0.25, 0.3) is 0 Å². The summed E-state index contributed by atoms with van der Waals surface area (Å²) in [5.74, 6) is -1.21. The van der Waals surface area contributed by atoms with Crippen molar-refractivity contribution in [3.63, 3.8) is 0 Å². The number of benzene rings is 1. The Hall–Kier alpha value is -3.67. The first-order valence-corrected chi connectivity index (χ1v) is 10.6. The van der Waals surface area contributed by atoms with Crippen molar-refractivity contribution in [1.82, 2.24) is 14.9 Å². The fraction of sp³-hybridized carbons (Fsp3) is 0.364. The van der Waals surface area contributed by atoms with Crippen LogP contribution in [0, 0.1) is 6.92 Å². The van der Waals surface area contributed by atoms with Crippen LogP contribution in [0.2, 0.25) is 0 Å². The Kier molecular flexibility index (Phi) is 7.72. The molecule has 0 saturated carbocycles. The first kappa shape index (κ1) is 25.0. The number of likely N-dealkylation sites (tertiary alicyclic amines) is 1. The minimum Gasteiger partial charge on any atom is -0.350 e. The molecule has 5 N–H and O–H groups in total. The number of hydrogen-bond acceptors (Lipinski definition) is 7. The van der Waals surface area contributed by atoms with E-state index in [1.54, 1.807) is 30.0 Å². The van der Waals surface area contributed by atoms with Crippen molar-refractivity contribution in [1.29, 1.82) is 0 Å². The average molecular weight is 477 g/mol. The molecule has 1 aliphatic heterocycles. The summed E-state index contributed by atoms with van der Waals surface area (Å²) in [6.45, 7) is 5.97.